The minimum absolute atomic E-state index is 0.668. The van der Waals surface area contributed by atoms with Crippen LogP contribution in [-0.2, 0) is 4.74 Å². The van der Waals surface area contributed by atoms with Gasteiger partial charge in [0.05, 0.1) is 18.9 Å². The van der Waals surface area contributed by atoms with E-state index in [0.717, 1.165) is 16.8 Å². The zero-order valence-corrected chi connectivity index (χ0v) is 8.57. The van der Waals surface area contributed by atoms with Gasteiger partial charge >= 0.3 is 0 Å². The molecular weight excluding hydrogens is 186 g/mol. The Kier molecular flexibility index (Phi) is 2.79. The fraction of sp³-hybridized carbons (Fsp3) is 0.154. The summed E-state index contributed by atoms with van der Waals surface area (Å²) in [5, 5.41) is 0. The molecule has 0 N–H and O–H groups in total. The first-order valence-electron chi connectivity index (χ1n) is 4.86. The minimum Gasteiger partial charge on any atom is -0.373 e. The van der Waals surface area contributed by atoms with Gasteiger partial charge in [-0.1, -0.05) is 30.9 Å². The molecule has 1 aromatic carbocycles. The Morgan fingerprint density at radius 3 is 2.87 bits per heavy atom. The second kappa shape index (κ2) is 4.24. The lowest BCUT2D eigenvalue weighted by Crippen LogP contribution is -1.91. The molecule has 0 aromatic heterocycles. The van der Waals surface area contributed by atoms with Crippen molar-refractivity contribution in [3.05, 3.63) is 42.0 Å². The van der Waals surface area contributed by atoms with E-state index in [1.165, 1.54) is 5.57 Å². The summed E-state index contributed by atoms with van der Waals surface area (Å²) in [6.07, 6.45) is 3.91. The number of nitrogens with zero attached hydrogens (tertiary/aromatic N) is 1. The summed E-state index contributed by atoms with van der Waals surface area (Å²) in [4.78, 5) is 3.98. The molecule has 0 bridgehead atoms. The Hall–Kier alpha value is -1.67. The minimum atomic E-state index is 0.668. The molecule has 0 atom stereocenters. The number of hydrogen-bond donors (Lipinski definition) is 0. The molecular formula is C13H13NO. The fourth-order valence-corrected chi connectivity index (χ4v) is 1.76. The van der Waals surface area contributed by atoms with E-state index < -0.39 is 0 Å². The first kappa shape index (κ1) is 9.87. The van der Waals surface area contributed by atoms with Gasteiger partial charge in [0.15, 0.2) is 0 Å². The maximum Gasteiger partial charge on any atom is 0.0724 e. The van der Waals surface area contributed by atoms with Crippen LogP contribution in [0.2, 0.25) is 0 Å². The van der Waals surface area contributed by atoms with E-state index in [-0.39, 0.29) is 0 Å². The van der Waals surface area contributed by atoms with E-state index in [2.05, 4.69) is 30.4 Å². The summed E-state index contributed by atoms with van der Waals surface area (Å²) >= 11 is 0. The van der Waals surface area contributed by atoms with Crippen LogP contribution in [-0.4, -0.2) is 19.9 Å². The van der Waals surface area contributed by atoms with Crippen LogP contribution < -0.4 is 0 Å². The Balaban J connectivity index is 2.54. The third-order valence-electron chi connectivity index (χ3n) is 2.51. The lowest BCUT2D eigenvalue weighted by Gasteiger charge is -2.08. The fourth-order valence-electron chi connectivity index (χ4n) is 1.76. The van der Waals surface area contributed by atoms with Crippen molar-refractivity contribution in [2.45, 2.75) is 0 Å². The van der Waals surface area contributed by atoms with Crippen molar-refractivity contribution in [1.82, 2.24) is 0 Å². The monoisotopic (exact) mass is 199 g/mol. The van der Waals surface area contributed by atoms with Crippen molar-refractivity contribution >= 4 is 24.1 Å². The predicted octanol–water partition coefficient (Wildman–Crippen LogP) is 3.08. The summed E-state index contributed by atoms with van der Waals surface area (Å²) in [5.74, 6) is 0. The quantitative estimate of drug-likeness (QED) is 0.685. The molecule has 0 amide bonds. The van der Waals surface area contributed by atoms with Gasteiger partial charge in [-0.3, -0.25) is 4.99 Å². The highest BCUT2D eigenvalue weighted by molar-refractivity contribution is 5.81. The highest BCUT2D eigenvalue weighted by Crippen LogP contribution is 2.30. The molecule has 1 aromatic rings. The number of hydrogen-bond acceptors (Lipinski definition) is 2. The lowest BCUT2D eigenvalue weighted by molar-refractivity contribution is 0.216. The molecule has 0 unspecified atom stereocenters. The van der Waals surface area contributed by atoms with Gasteiger partial charge < -0.3 is 4.74 Å². The summed E-state index contributed by atoms with van der Waals surface area (Å²) in [6.45, 7) is 8.73. The SMILES string of the molecule is C=Cc1c(N=C)cccc1C1=CCOC1. The van der Waals surface area contributed by atoms with E-state index in [9.17, 15) is 0 Å². The Bertz CT molecular complexity index is 432. The summed E-state index contributed by atoms with van der Waals surface area (Å²) in [5.41, 5.74) is 4.25. The van der Waals surface area contributed by atoms with E-state index in [1.54, 1.807) is 0 Å². The number of benzene rings is 1. The average Bonchev–Trinajstić information content (AvgIpc) is 2.81. The van der Waals surface area contributed by atoms with Crippen LogP contribution in [0.25, 0.3) is 11.6 Å². The standard InChI is InChI=1S/C13H13NO/c1-3-11-12(10-7-8-15-9-10)5-4-6-13(11)14-2/h3-7H,1-2,8-9H2. The third kappa shape index (κ3) is 1.76. The van der Waals surface area contributed by atoms with Crippen molar-refractivity contribution in [2.24, 2.45) is 4.99 Å². The second-order valence-corrected chi connectivity index (χ2v) is 3.35. The lowest BCUT2D eigenvalue weighted by atomic mass is 9.99. The molecule has 0 aliphatic carbocycles. The van der Waals surface area contributed by atoms with E-state index in [4.69, 9.17) is 4.74 Å². The van der Waals surface area contributed by atoms with Crippen molar-refractivity contribution in [2.75, 3.05) is 13.2 Å². The summed E-state index contributed by atoms with van der Waals surface area (Å²) in [7, 11) is 0. The van der Waals surface area contributed by atoms with Crippen LogP contribution in [0, 0.1) is 0 Å². The zero-order valence-electron chi connectivity index (χ0n) is 8.57. The second-order valence-electron chi connectivity index (χ2n) is 3.35. The zero-order chi connectivity index (χ0) is 10.7. The first-order valence-corrected chi connectivity index (χ1v) is 4.86. The molecule has 1 heterocycles. The van der Waals surface area contributed by atoms with Gasteiger partial charge in [0.2, 0.25) is 0 Å². The van der Waals surface area contributed by atoms with Gasteiger partial charge in [-0.05, 0) is 23.9 Å². The summed E-state index contributed by atoms with van der Waals surface area (Å²) in [6, 6.07) is 5.97. The highest BCUT2D eigenvalue weighted by Gasteiger charge is 2.12. The van der Waals surface area contributed by atoms with Crippen LogP contribution in [0.4, 0.5) is 5.69 Å². The summed E-state index contributed by atoms with van der Waals surface area (Å²) < 4.78 is 5.31. The van der Waals surface area contributed by atoms with Crippen LogP contribution in [0.15, 0.2) is 35.8 Å². The van der Waals surface area contributed by atoms with Crippen molar-refractivity contribution in [3.8, 4) is 0 Å². The van der Waals surface area contributed by atoms with Crippen LogP contribution in [0.3, 0.4) is 0 Å². The van der Waals surface area contributed by atoms with Crippen LogP contribution in [0.5, 0.6) is 0 Å². The Morgan fingerprint density at radius 1 is 1.40 bits per heavy atom. The topological polar surface area (TPSA) is 21.6 Å². The van der Waals surface area contributed by atoms with Gasteiger partial charge in [-0.15, -0.1) is 0 Å². The number of ether oxygens (including phenoxy) is 1. The Labute approximate surface area is 89.6 Å². The van der Waals surface area contributed by atoms with Crippen LogP contribution >= 0.6 is 0 Å². The normalized spacial score (nSPS) is 14.8. The molecule has 0 saturated carbocycles. The maximum absolute atomic E-state index is 5.31. The van der Waals surface area contributed by atoms with Crippen molar-refractivity contribution in [3.63, 3.8) is 0 Å². The molecule has 1 aliphatic rings. The number of rotatable bonds is 3. The smallest absolute Gasteiger partial charge is 0.0724 e. The highest BCUT2D eigenvalue weighted by atomic mass is 16.5. The van der Waals surface area contributed by atoms with E-state index >= 15 is 0 Å². The van der Waals surface area contributed by atoms with Gasteiger partial charge in [-0.25, -0.2) is 0 Å². The first-order chi connectivity index (χ1) is 7.36. The van der Waals surface area contributed by atoms with Crippen LogP contribution in [0.1, 0.15) is 11.1 Å². The van der Waals surface area contributed by atoms with Gasteiger partial charge in [0, 0.05) is 5.56 Å². The largest absolute Gasteiger partial charge is 0.373 e. The molecule has 2 heteroatoms. The van der Waals surface area contributed by atoms with E-state index in [1.807, 2.05) is 18.2 Å². The molecule has 0 fully saturated rings. The molecule has 15 heavy (non-hydrogen) atoms. The molecule has 1 aliphatic heterocycles. The molecule has 2 nitrogen and oxygen atoms in total. The van der Waals surface area contributed by atoms with Gasteiger partial charge in [-0.2, -0.15) is 0 Å². The maximum atomic E-state index is 5.31. The molecule has 2 rings (SSSR count). The van der Waals surface area contributed by atoms with Crippen molar-refractivity contribution < 1.29 is 4.74 Å². The molecule has 0 spiro atoms. The average molecular weight is 199 g/mol. The Morgan fingerprint density at radius 2 is 2.27 bits per heavy atom. The number of aliphatic imine (C=N–C) groups is 1. The van der Waals surface area contributed by atoms with Gasteiger partial charge in [0.1, 0.15) is 0 Å². The third-order valence-corrected chi connectivity index (χ3v) is 2.51. The van der Waals surface area contributed by atoms with Gasteiger partial charge in [0.25, 0.3) is 0 Å². The molecule has 76 valence electrons. The molecule has 0 radical (unpaired) electrons. The van der Waals surface area contributed by atoms with E-state index in [0.29, 0.717) is 13.2 Å². The predicted molar refractivity (Wildman–Crippen MR) is 64.5 cm³/mol. The molecule has 0 saturated heterocycles. The van der Waals surface area contributed by atoms with Crippen molar-refractivity contribution in [1.29, 1.82) is 0 Å².